The van der Waals surface area contributed by atoms with Crippen LogP contribution in [0.25, 0.3) is 0 Å². The van der Waals surface area contributed by atoms with Gasteiger partial charge in [0.25, 0.3) is 0 Å². The van der Waals surface area contributed by atoms with E-state index < -0.39 is 17.6 Å². The molecule has 0 bridgehead atoms. The number of halogens is 3. The second-order valence-electron chi connectivity index (χ2n) is 5.81. The molecule has 4 nitrogen and oxygen atoms in total. The molecule has 1 N–H and O–H groups in total. The highest BCUT2D eigenvalue weighted by molar-refractivity contribution is 6.31. The number of hydrogen-bond acceptors (Lipinski definition) is 2. The van der Waals surface area contributed by atoms with Crippen molar-refractivity contribution in [3.05, 3.63) is 64.7 Å². The number of hydrogen-bond donors (Lipinski definition) is 1. The predicted molar refractivity (Wildman–Crippen MR) is 90.1 cm³/mol. The highest BCUT2D eigenvalue weighted by Gasteiger charge is 2.35. The third kappa shape index (κ3) is 3.79. The molecule has 0 spiro atoms. The van der Waals surface area contributed by atoms with Crippen LogP contribution >= 0.6 is 11.6 Å². The van der Waals surface area contributed by atoms with Gasteiger partial charge in [0.2, 0.25) is 11.8 Å². The lowest BCUT2D eigenvalue weighted by Gasteiger charge is -2.17. The first-order valence-corrected chi connectivity index (χ1v) is 8.10. The molecular weight excluding hydrogens is 350 g/mol. The maximum atomic E-state index is 13.6. The molecule has 2 aromatic carbocycles. The minimum Gasteiger partial charge on any atom is -0.352 e. The van der Waals surface area contributed by atoms with Gasteiger partial charge in [-0.25, -0.2) is 8.78 Å². The van der Waals surface area contributed by atoms with Crippen LogP contribution in [0.2, 0.25) is 5.02 Å². The van der Waals surface area contributed by atoms with Crippen molar-refractivity contribution in [2.75, 3.05) is 11.4 Å². The first kappa shape index (κ1) is 17.4. The highest BCUT2D eigenvalue weighted by atomic mass is 35.5. The Morgan fingerprint density at radius 2 is 1.96 bits per heavy atom. The molecule has 1 fully saturated rings. The number of amides is 2. The van der Waals surface area contributed by atoms with Gasteiger partial charge in [0.1, 0.15) is 11.6 Å². The van der Waals surface area contributed by atoms with Crippen molar-refractivity contribution < 1.29 is 18.4 Å². The zero-order valence-electron chi connectivity index (χ0n) is 13.1. The molecule has 0 radical (unpaired) electrons. The normalized spacial score (nSPS) is 17.0. The van der Waals surface area contributed by atoms with Crippen LogP contribution < -0.4 is 10.2 Å². The summed E-state index contributed by atoms with van der Waals surface area (Å²) in [7, 11) is 0. The second kappa shape index (κ2) is 7.19. The molecule has 3 rings (SSSR count). The van der Waals surface area contributed by atoms with Crippen LogP contribution in [0.5, 0.6) is 0 Å². The Kier molecular flexibility index (Phi) is 4.99. The minimum absolute atomic E-state index is 0.0398. The molecule has 0 aromatic heterocycles. The molecule has 2 aromatic rings. The molecule has 1 saturated heterocycles. The predicted octanol–water partition coefficient (Wildman–Crippen LogP) is 3.29. The molecule has 0 saturated carbocycles. The molecule has 7 heteroatoms. The Balaban J connectivity index is 1.64. The highest BCUT2D eigenvalue weighted by Crippen LogP contribution is 2.28. The lowest BCUT2D eigenvalue weighted by molar-refractivity contribution is -0.126. The van der Waals surface area contributed by atoms with Crippen LogP contribution in [0.1, 0.15) is 12.0 Å². The number of nitrogens with zero attached hydrogens (tertiary/aromatic N) is 1. The van der Waals surface area contributed by atoms with Gasteiger partial charge in [-0.2, -0.15) is 0 Å². The van der Waals surface area contributed by atoms with Crippen LogP contribution in [0.3, 0.4) is 0 Å². The summed E-state index contributed by atoms with van der Waals surface area (Å²) in [5, 5.41) is 2.57. The Bertz CT molecular complexity index is 828. The van der Waals surface area contributed by atoms with Crippen LogP contribution in [0.4, 0.5) is 14.5 Å². The van der Waals surface area contributed by atoms with E-state index in [9.17, 15) is 18.4 Å². The largest absolute Gasteiger partial charge is 0.352 e. The summed E-state index contributed by atoms with van der Waals surface area (Å²) < 4.78 is 26.8. The molecule has 2 amide bonds. The van der Waals surface area contributed by atoms with Crippen molar-refractivity contribution >= 4 is 29.1 Å². The van der Waals surface area contributed by atoms with Gasteiger partial charge in [-0.05, 0) is 24.3 Å². The lowest BCUT2D eigenvalue weighted by atomic mass is 10.1. The van der Waals surface area contributed by atoms with Gasteiger partial charge in [0, 0.05) is 30.8 Å². The average molecular weight is 365 g/mol. The summed E-state index contributed by atoms with van der Waals surface area (Å²) in [6, 6.07) is 10.1. The number of carbonyl (C=O) groups is 2. The zero-order chi connectivity index (χ0) is 18.0. The van der Waals surface area contributed by atoms with Crippen molar-refractivity contribution in [3.8, 4) is 0 Å². The van der Waals surface area contributed by atoms with Crippen LogP contribution in [0, 0.1) is 17.6 Å². The van der Waals surface area contributed by atoms with Gasteiger partial charge in [-0.3, -0.25) is 9.59 Å². The van der Waals surface area contributed by atoms with E-state index in [0.29, 0.717) is 11.3 Å². The van der Waals surface area contributed by atoms with E-state index in [1.807, 2.05) is 0 Å². The number of nitrogens with one attached hydrogen (secondary N) is 1. The Morgan fingerprint density at radius 3 is 2.68 bits per heavy atom. The molecule has 130 valence electrons. The number of benzene rings is 2. The summed E-state index contributed by atoms with van der Waals surface area (Å²) in [6.45, 7) is 0.225. The van der Waals surface area contributed by atoms with Gasteiger partial charge in [-0.1, -0.05) is 29.8 Å². The monoisotopic (exact) mass is 364 g/mol. The first-order valence-electron chi connectivity index (χ1n) is 7.72. The summed E-state index contributed by atoms with van der Waals surface area (Å²) >= 11 is 5.74. The van der Waals surface area contributed by atoms with Gasteiger partial charge >= 0.3 is 0 Å². The maximum absolute atomic E-state index is 13.6. The van der Waals surface area contributed by atoms with E-state index in [1.165, 1.54) is 29.2 Å². The summed E-state index contributed by atoms with van der Waals surface area (Å²) in [5.41, 5.74) is 0.822. The van der Waals surface area contributed by atoms with E-state index in [2.05, 4.69) is 5.32 Å². The second-order valence-corrected chi connectivity index (χ2v) is 6.22. The van der Waals surface area contributed by atoms with Crippen molar-refractivity contribution in [2.45, 2.75) is 13.0 Å². The van der Waals surface area contributed by atoms with Crippen molar-refractivity contribution in [2.24, 2.45) is 5.92 Å². The van der Waals surface area contributed by atoms with Gasteiger partial charge in [-0.15, -0.1) is 0 Å². The molecule has 1 aliphatic heterocycles. The van der Waals surface area contributed by atoms with Gasteiger partial charge in [0.05, 0.1) is 10.9 Å². The minimum atomic E-state index is -0.573. The maximum Gasteiger partial charge on any atom is 0.227 e. The van der Waals surface area contributed by atoms with Crippen LogP contribution in [-0.2, 0) is 16.1 Å². The molecule has 1 heterocycles. The third-order valence-corrected chi connectivity index (χ3v) is 4.41. The number of rotatable bonds is 4. The molecule has 0 aliphatic carbocycles. The SMILES string of the molecule is O=C(NCc1ccccc1F)C1CC(=O)N(c2ccc(F)c(Cl)c2)C1. The molecule has 1 atom stereocenters. The Labute approximate surface area is 148 Å². The van der Waals surface area contributed by atoms with Crippen molar-refractivity contribution in [1.29, 1.82) is 0 Å². The van der Waals surface area contributed by atoms with Gasteiger partial charge < -0.3 is 10.2 Å². The molecule has 1 unspecified atom stereocenters. The fourth-order valence-electron chi connectivity index (χ4n) is 2.75. The van der Waals surface area contributed by atoms with E-state index >= 15 is 0 Å². The fourth-order valence-corrected chi connectivity index (χ4v) is 2.93. The summed E-state index contributed by atoms with van der Waals surface area (Å²) in [6.07, 6.45) is 0.0398. The lowest BCUT2D eigenvalue weighted by Crippen LogP contribution is -2.32. The first-order chi connectivity index (χ1) is 12.0. The smallest absolute Gasteiger partial charge is 0.227 e. The van der Waals surface area contributed by atoms with E-state index in [0.717, 1.165) is 0 Å². The average Bonchev–Trinajstić information content (AvgIpc) is 2.98. The molecular formula is C18H15ClF2N2O2. The quantitative estimate of drug-likeness (QED) is 0.905. The summed E-state index contributed by atoms with van der Waals surface area (Å²) in [4.78, 5) is 25.8. The van der Waals surface area contributed by atoms with Crippen molar-refractivity contribution in [3.63, 3.8) is 0 Å². The van der Waals surface area contributed by atoms with E-state index in [-0.39, 0.29) is 36.3 Å². The Hall–Kier alpha value is -2.47. The van der Waals surface area contributed by atoms with E-state index in [4.69, 9.17) is 11.6 Å². The summed E-state index contributed by atoms with van der Waals surface area (Å²) in [5.74, 6) is -2.09. The standard InChI is InChI=1S/C18H15ClF2N2O2/c19-14-8-13(5-6-16(14)21)23-10-12(7-17(23)24)18(25)22-9-11-3-1-2-4-15(11)20/h1-6,8,12H,7,9-10H2,(H,22,25). The molecule has 1 aliphatic rings. The van der Waals surface area contributed by atoms with Gasteiger partial charge in [0.15, 0.2) is 0 Å². The number of carbonyl (C=O) groups excluding carboxylic acids is 2. The fraction of sp³-hybridized carbons (Fsp3) is 0.222. The van der Waals surface area contributed by atoms with E-state index in [1.54, 1.807) is 18.2 Å². The number of anilines is 1. The topological polar surface area (TPSA) is 49.4 Å². The Morgan fingerprint density at radius 1 is 1.20 bits per heavy atom. The molecule has 25 heavy (non-hydrogen) atoms. The zero-order valence-corrected chi connectivity index (χ0v) is 13.9. The van der Waals surface area contributed by atoms with Crippen LogP contribution in [-0.4, -0.2) is 18.4 Å². The van der Waals surface area contributed by atoms with Crippen LogP contribution in [0.15, 0.2) is 42.5 Å². The van der Waals surface area contributed by atoms with Crippen molar-refractivity contribution in [1.82, 2.24) is 5.32 Å². The third-order valence-electron chi connectivity index (χ3n) is 4.12.